The van der Waals surface area contributed by atoms with Gasteiger partial charge in [-0.25, -0.2) is 9.78 Å². The van der Waals surface area contributed by atoms with Crippen LogP contribution >= 0.6 is 15.9 Å². The summed E-state index contributed by atoms with van der Waals surface area (Å²) < 4.78 is 6.19. The van der Waals surface area contributed by atoms with E-state index in [0.29, 0.717) is 16.6 Å². The second-order valence-electron chi connectivity index (χ2n) is 6.89. The predicted octanol–water partition coefficient (Wildman–Crippen LogP) is 5.61. The van der Waals surface area contributed by atoms with E-state index in [2.05, 4.69) is 20.9 Å². The van der Waals surface area contributed by atoms with Crippen molar-refractivity contribution in [3.63, 3.8) is 0 Å². The van der Waals surface area contributed by atoms with E-state index in [1.54, 1.807) is 24.3 Å². The normalized spacial score (nSPS) is 10.7. The Morgan fingerprint density at radius 1 is 0.969 bits per heavy atom. The van der Waals surface area contributed by atoms with Crippen molar-refractivity contribution < 1.29 is 19.2 Å². The number of Topliss-reactive ketones (excluding diaryl/α,β-unsaturated/α-hetero) is 1. The lowest BCUT2D eigenvalue weighted by Gasteiger charge is -2.10. The van der Waals surface area contributed by atoms with Crippen molar-refractivity contribution in [1.82, 2.24) is 4.98 Å². The minimum absolute atomic E-state index is 0.0992. The average Bonchev–Trinajstić information content (AvgIpc) is 2.82. The largest absolute Gasteiger partial charge is 0.454 e. The molecule has 0 amide bonds. The second-order valence-corrected chi connectivity index (χ2v) is 7.80. The number of nitro groups is 1. The molecule has 0 bridgehead atoms. The molecule has 158 valence electrons. The number of halogens is 1. The van der Waals surface area contributed by atoms with E-state index in [4.69, 9.17) is 4.74 Å². The molecule has 7 nitrogen and oxygen atoms in total. The highest BCUT2D eigenvalue weighted by Gasteiger charge is 2.18. The fourth-order valence-electron chi connectivity index (χ4n) is 3.20. The van der Waals surface area contributed by atoms with Gasteiger partial charge in [0.25, 0.3) is 5.69 Å². The summed E-state index contributed by atoms with van der Waals surface area (Å²) >= 11 is 3.40. The number of carbonyl (C=O) groups excluding carboxylic acids is 2. The van der Waals surface area contributed by atoms with Gasteiger partial charge in [0.15, 0.2) is 6.61 Å². The molecule has 0 saturated carbocycles. The number of ketones is 1. The van der Waals surface area contributed by atoms with Gasteiger partial charge >= 0.3 is 5.97 Å². The molecule has 3 aromatic carbocycles. The predicted molar refractivity (Wildman–Crippen MR) is 123 cm³/mol. The van der Waals surface area contributed by atoms with Crippen LogP contribution in [-0.4, -0.2) is 28.3 Å². The van der Waals surface area contributed by atoms with E-state index in [-0.39, 0.29) is 16.8 Å². The quantitative estimate of drug-likeness (QED) is 0.150. The zero-order chi connectivity index (χ0) is 22.7. The lowest BCUT2D eigenvalue weighted by Crippen LogP contribution is -2.15. The third kappa shape index (κ3) is 4.55. The Kier molecular flexibility index (Phi) is 6.04. The van der Waals surface area contributed by atoms with Gasteiger partial charge in [0.2, 0.25) is 5.78 Å². The topological polar surface area (TPSA) is 99.4 Å². The number of carbonyl (C=O) groups is 2. The first kappa shape index (κ1) is 21.3. The molecular formula is C24H15BrN2O5. The van der Waals surface area contributed by atoms with E-state index >= 15 is 0 Å². The monoisotopic (exact) mass is 490 g/mol. The Hall–Kier alpha value is -3.91. The maximum atomic E-state index is 12.9. The summed E-state index contributed by atoms with van der Waals surface area (Å²) in [5, 5.41) is 11.5. The van der Waals surface area contributed by atoms with Crippen LogP contribution in [-0.2, 0) is 4.74 Å². The van der Waals surface area contributed by atoms with Gasteiger partial charge in [-0.1, -0.05) is 58.4 Å². The molecule has 0 radical (unpaired) electrons. The van der Waals surface area contributed by atoms with Crippen molar-refractivity contribution in [2.24, 2.45) is 0 Å². The van der Waals surface area contributed by atoms with Crippen LogP contribution in [0.3, 0.4) is 0 Å². The summed E-state index contributed by atoms with van der Waals surface area (Å²) in [4.78, 5) is 40.3. The molecular weight excluding hydrogens is 476 g/mol. The molecule has 4 rings (SSSR count). The van der Waals surface area contributed by atoms with Crippen LogP contribution in [0, 0.1) is 10.1 Å². The highest BCUT2D eigenvalue weighted by Crippen LogP contribution is 2.26. The molecule has 0 aliphatic heterocycles. The molecule has 0 saturated heterocycles. The Morgan fingerprint density at radius 2 is 1.72 bits per heavy atom. The van der Waals surface area contributed by atoms with Crippen LogP contribution in [0.15, 0.2) is 83.3 Å². The van der Waals surface area contributed by atoms with Gasteiger partial charge in [0.05, 0.1) is 21.7 Å². The van der Waals surface area contributed by atoms with Gasteiger partial charge in [-0.05, 0) is 24.3 Å². The van der Waals surface area contributed by atoms with E-state index in [9.17, 15) is 19.7 Å². The van der Waals surface area contributed by atoms with E-state index < -0.39 is 23.3 Å². The fraction of sp³-hybridized carbons (Fsp3) is 0.0417. The molecule has 0 aliphatic carbocycles. The number of pyridine rings is 1. The van der Waals surface area contributed by atoms with Crippen LogP contribution in [0.2, 0.25) is 0 Å². The molecule has 0 spiro atoms. The lowest BCUT2D eigenvalue weighted by molar-refractivity contribution is -0.384. The first-order valence-corrected chi connectivity index (χ1v) is 10.3. The molecule has 0 unspecified atom stereocenters. The summed E-state index contributed by atoms with van der Waals surface area (Å²) in [5.74, 6) is -1.21. The number of fused-ring (bicyclic) bond motifs is 1. The minimum Gasteiger partial charge on any atom is -0.454 e. The number of benzene rings is 3. The Balaban J connectivity index is 1.61. The van der Waals surface area contributed by atoms with Crippen molar-refractivity contribution in [3.05, 3.63) is 105 Å². The number of hydrogen-bond acceptors (Lipinski definition) is 6. The number of para-hydroxylation sites is 1. The summed E-state index contributed by atoms with van der Waals surface area (Å²) in [6.07, 6.45) is 0. The highest BCUT2D eigenvalue weighted by atomic mass is 79.9. The molecule has 0 fully saturated rings. The van der Waals surface area contributed by atoms with Crippen molar-refractivity contribution in [2.45, 2.75) is 0 Å². The molecule has 1 heterocycles. The summed E-state index contributed by atoms with van der Waals surface area (Å²) in [6, 6.07) is 21.6. The van der Waals surface area contributed by atoms with Gasteiger partial charge in [0.1, 0.15) is 0 Å². The zero-order valence-corrected chi connectivity index (χ0v) is 18.1. The summed E-state index contributed by atoms with van der Waals surface area (Å²) in [7, 11) is 0. The number of non-ortho nitro benzene ring substituents is 1. The lowest BCUT2D eigenvalue weighted by atomic mass is 10.0. The van der Waals surface area contributed by atoms with Gasteiger partial charge < -0.3 is 4.74 Å². The van der Waals surface area contributed by atoms with E-state index in [1.165, 1.54) is 18.2 Å². The third-order valence-corrected chi connectivity index (χ3v) is 5.32. The van der Waals surface area contributed by atoms with Crippen LogP contribution in [0.4, 0.5) is 5.69 Å². The van der Waals surface area contributed by atoms with Crippen LogP contribution < -0.4 is 0 Å². The number of nitro benzene ring substituents is 1. The van der Waals surface area contributed by atoms with Crippen LogP contribution in [0.1, 0.15) is 20.7 Å². The van der Waals surface area contributed by atoms with Crippen LogP contribution in [0.25, 0.3) is 22.2 Å². The Bertz CT molecular complexity index is 1350. The smallest absolute Gasteiger partial charge is 0.339 e. The number of hydrogen-bond donors (Lipinski definition) is 0. The maximum absolute atomic E-state index is 12.9. The van der Waals surface area contributed by atoms with E-state index in [0.717, 1.165) is 16.1 Å². The van der Waals surface area contributed by atoms with Gasteiger partial charge in [-0.2, -0.15) is 0 Å². The van der Waals surface area contributed by atoms with Crippen molar-refractivity contribution >= 4 is 44.3 Å². The third-order valence-electron chi connectivity index (χ3n) is 4.79. The van der Waals surface area contributed by atoms with Crippen molar-refractivity contribution in [3.8, 4) is 11.3 Å². The van der Waals surface area contributed by atoms with Gasteiger partial charge in [-0.3, -0.25) is 14.9 Å². The molecule has 32 heavy (non-hydrogen) atoms. The summed E-state index contributed by atoms with van der Waals surface area (Å²) in [5.41, 5.74) is 2.20. The van der Waals surface area contributed by atoms with Crippen molar-refractivity contribution in [1.29, 1.82) is 0 Å². The first-order chi connectivity index (χ1) is 15.4. The standard InChI is InChI=1S/C24H15BrN2O5/c25-17-10-8-15(9-11-17)22-13-20(19-6-1-2-7-21(19)26-22)24(29)32-14-23(28)16-4-3-5-18(12-16)27(30)31/h1-13H,14H2. The average molecular weight is 491 g/mol. The number of ether oxygens (including phenoxy) is 1. The Morgan fingerprint density at radius 3 is 2.47 bits per heavy atom. The number of esters is 1. The number of nitrogens with zero attached hydrogens (tertiary/aromatic N) is 2. The molecule has 1 aromatic heterocycles. The Labute approximate surface area is 190 Å². The second kappa shape index (κ2) is 9.07. The zero-order valence-electron chi connectivity index (χ0n) is 16.5. The fourth-order valence-corrected chi connectivity index (χ4v) is 3.46. The molecule has 0 aliphatic rings. The minimum atomic E-state index is -0.680. The summed E-state index contributed by atoms with van der Waals surface area (Å²) in [6.45, 7) is -0.537. The number of aromatic nitrogens is 1. The van der Waals surface area contributed by atoms with Crippen molar-refractivity contribution in [2.75, 3.05) is 6.61 Å². The molecule has 4 aromatic rings. The van der Waals surface area contributed by atoms with Gasteiger partial charge in [0, 0.05) is 33.1 Å². The molecule has 0 atom stereocenters. The molecule has 0 N–H and O–H groups in total. The number of rotatable bonds is 6. The highest BCUT2D eigenvalue weighted by molar-refractivity contribution is 9.10. The molecule has 8 heteroatoms. The maximum Gasteiger partial charge on any atom is 0.339 e. The SMILES string of the molecule is O=C(COC(=O)c1cc(-c2ccc(Br)cc2)nc2ccccc12)c1cccc([N+](=O)[O-])c1. The van der Waals surface area contributed by atoms with Crippen LogP contribution in [0.5, 0.6) is 0 Å². The first-order valence-electron chi connectivity index (χ1n) is 9.53. The van der Waals surface area contributed by atoms with Gasteiger partial charge in [-0.15, -0.1) is 0 Å². The van der Waals surface area contributed by atoms with E-state index in [1.807, 2.05) is 30.3 Å².